The van der Waals surface area contributed by atoms with Crippen molar-refractivity contribution in [1.29, 1.82) is 0 Å². The molecule has 0 aliphatic carbocycles. The monoisotopic (exact) mass is 393 g/mol. The molecular weight excluding hydrogens is 378 g/mol. The topological polar surface area (TPSA) is 65.8 Å². The lowest BCUT2D eigenvalue weighted by Gasteiger charge is -2.11. The number of rotatable bonds is 4. The lowest BCUT2D eigenvalue weighted by Crippen LogP contribution is -2.29. The van der Waals surface area contributed by atoms with Crippen molar-refractivity contribution in [2.45, 2.75) is 0 Å². The fourth-order valence-corrected chi connectivity index (χ4v) is 4.50. The number of carbonyl (C=O) groups is 1. The molecule has 0 spiro atoms. The van der Waals surface area contributed by atoms with Gasteiger partial charge in [-0.25, -0.2) is 4.98 Å². The van der Waals surface area contributed by atoms with E-state index < -0.39 is 0 Å². The molecule has 0 atom stereocenters. The summed E-state index contributed by atoms with van der Waals surface area (Å²) in [5, 5.41) is 11.1. The van der Waals surface area contributed by atoms with Gasteiger partial charge < -0.3 is 5.11 Å². The number of amidine groups is 1. The van der Waals surface area contributed by atoms with Gasteiger partial charge in [0.05, 0.1) is 15.1 Å². The van der Waals surface area contributed by atoms with E-state index in [1.54, 1.807) is 35.3 Å². The number of aliphatic imine (C=N–C) groups is 1. The van der Waals surface area contributed by atoms with Gasteiger partial charge in [-0.05, 0) is 36.0 Å². The third kappa shape index (κ3) is 3.51. The summed E-state index contributed by atoms with van der Waals surface area (Å²) >= 11 is 2.75. The Bertz CT molecular complexity index is 1070. The highest BCUT2D eigenvalue weighted by molar-refractivity contribution is 8.18. The van der Waals surface area contributed by atoms with Crippen LogP contribution in [0.3, 0.4) is 0 Å². The number of phenols is 1. The smallest absolute Gasteiger partial charge is 0.267 e. The lowest BCUT2D eigenvalue weighted by atomic mass is 10.2. The van der Waals surface area contributed by atoms with Crippen LogP contribution in [0.5, 0.6) is 5.75 Å². The van der Waals surface area contributed by atoms with Crippen LogP contribution in [0, 0.1) is 0 Å². The summed E-state index contributed by atoms with van der Waals surface area (Å²) < 4.78 is 1.05. The number of hydrogen-bond acceptors (Lipinski definition) is 6. The first-order valence-corrected chi connectivity index (χ1v) is 9.83. The zero-order valence-corrected chi connectivity index (χ0v) is 15.8. The molecule has 1 amide bonds. The molecule has 134 valence electrons. The van der Waals surface area contributed by atoms with Crippen LogP contribution in [0.25, 0.3) is 16.3 Å². The number of aromatic nitrogens is 1. The van der Waals surface area contributed by atoms with Gasteiger partial charge in [0.15, 0.2) is 5.17 Å². The van der Waals surface area contributed by atoms with E-state index in [0.717, 1.165) is 10.2 Å². The van der Waals surface area contributed by atoms with Crippen LogP contribution in [-0.4, -0.2) is 32.6 Å². The number of amides is 1. The summed E-state index contributed by atoms with van der Waals surface area (Å²) in [7, 11) is 0. The molecular formula is C20H15N3O2S2. The summed E-state index contributed by atoms with van der Waals surface area (Å²) in [4.78, 5) is 24.0. The highest BCUT2D eigenvalue weighted by Gasteiger charge is 2.33. The first-order valence-electron chi connectivity index (χ1n) is 8.20. The van der Waals surface area contributed by atoms with Crippen molar-refractivity contribution in [2.75, 3.05) is 6.54 Å². The SMILES string of the molecule is C=CCN1C(=O)/C(=C/c2ccccc2O)S/C1=N/c1nc2ccccc2s1. The lowest BCUT2D eigenvalue weighted by molar-refractivity contribution is -0.121. The molecule has 1 aliphatic rings. The fourth-order valence-electron chi connectivity index (χ4n) is 2.62. The second kappa shape index (κ2) is 7.38. The average Bonchev–Trinajstić information content (AvgIpc) is 3.20. The molecule has 0 saturated carbocycles. The van der Waals surface area contributed by atoms with E-state index in [1.165, 1.54) is 23.1 Å². The van der Waals surface area contributed by atoms with Gasteiger partial charge in [0.1, 0.15) is 5.75 Å². The molecule has 27 heavy (non-hydrogen) atoms. The van der Waals surface area contributed by atoms with Crippen molar-refractivity contribution in [1.82, 2.24) is 9.88 Å². The van der Waals surface area contributed by atoms with E-state index in [4.69, 9.17) is 0 Å². The Morgan fingerprint density at radius 1 is 1.19 bits per heavy atom. The predicted octanol–water partition coefficient (Wildman–Crippen LogP) is 4.79. The minimum atomic E-state index is -0.164. The van der Waals surface area contributed by atoms with Gasteiger partial charge in [-0.1, -0.05) is 47.7 Å². The summed E-state index contributed by atoms with van der Waals surface area (Å²) in [5.41, 5.74) is 1.48. The minimum Gasteiger partial charge on any atom is -0.507 e. The number of thioether (sulfide) groups is 1. The number of carbonyl (C=O) groups excluding carboxylic acids is 1. The molecule has 1 aromatic heterocycles. The molecule has 7 heteroatoms. The molecule has 1 aliphatic heterocycles. The number of benzene rings is 2. The maximum atomic E-state index is 12.8. The predicted molar refractivity (Wildman–Crippen MR) is 112 cm³/mol. The van der Waals surface area contributed by atoms with Gasteiger partial charge in [0.25, 0.3) is 5.91 Å². The highest BCUT2D eigenvalue weighted by Crippen LogP contribution is 2.36. The molecule has 4 rings (SSSR count). The van der Waals surface area contributed by atoms with Gasteiger partial charge in [0, 0.05) is 12.1 Å². The van der Waals surface area contributed by atoms with Crippen LogP contribution in [0.15, 0.2) is 71.1 Å². The van der Waals surface area contributed by atoms with Crippen molar-refractivity contribution in [2.24, 2.45) is 4.99 Å². The van der Waals surface area contributed by atoms with Gasteiger partial charge in [0.2, 0.25) is 5.13 Å². The Labute approximate surface area is 164 Å². The molecule has 0 bridgehead atoms. The Morgan fingerprint density at radius 3 is 2.74 bits per heavy atom. The zero-order chi connectivity index (χ0) is 18.8. The van der Waals surface area contributed by atoms with Crippen LogP contribution in [0.1, 0.15) is 5.56 Å². The van der Waals surface area contributed by atoms with Crippen molar-refractivity contribution in [3.8, 4) is 5.75 Å². The van der Waals surface area contributed by atoms with E-state index in [2.05, 4.69) is 16.6 Å². The molecule has 3 aromatic rings. The number of hydrogen-bond donors (Lipinski definition) is 1. The third-order valence-electron chi connectivity index (χ3n) is 3.90. The van der Waals surface area contributed by atoms with Crippen LogP contribution in [0.4, 0.5) is 5.13 Å². The summed E-state index contributed by atoms with van der Waals surface area (Å²) in [6.07, 6.45) is 3.34. The first kappa shape index (κ1) is 17.5. The molecule has 0 radical (unpaired) electrons. The molecule has 1 N–H and O–H groups in total. The zero-order valence-electron chi connectivity index (χ0n) is 14.2. The first-order chi connectivity index (χ1) is 13.2. The maximum Gasteiger partial charge on any atom is 0.267 e. The van der Waals surface area contributed by atoms with Crippen molar-refractivity contribution in [3.63, 3.8) is 0 Å². The molecule has 5 nitrogen and oxygen atoms in total. The number of phenolic OH excluding ortho intramolecular Hbond substituents is 1. The third-order valence-corrected chi connectivity index (χ3v) is 5.83. The molecule has 2 aromatic carbocycles. The number of aromatic hydroxyl groups is 1. The van der Waals surface area contributed by atoms with Crippen molar-refractivity contribution >= 4 is 55.6 Å². The second-order valence-electron chi connectivity index (χ2n) is 5.73. The number of fused-ring (bicyclic) bond motifs is 1. The molecule has 0 unspecified atom stereocenters. The summed E-state index contributed by atoms with van der Waals surface area (Å²) in [5.74, 6) is -0.0340. The largest absolute Gasteiger partial charge is 0.507 e. The maximum absolute atomic E-state index is 12.8. The van der Waals surface area contributed by atoms with Crippen LogP contribution in [0.2, 0.25) is 0 Å². The second-order valence-corrected chi connectivity index (χ2v) is 7.75. The van der Waals surface area contributed by atoms with E-state index >= 15 is 0 Å². The normalized spacial score (nSPS) is 17.3. The molecule has 2 heterocycles. The standard InChI is InChI=1S/C20H15N3O2S2/c1-2-11-23-18(25)17(12-13-7-3-5-9-15(13)24)27-20(23)22-19-21-14-8-4-6-10-16(14)26-19/h2-10,12,24H,1,11H2/b17-12-,22-20+. The molecule has 1 saturated heterocycles. The van der Waals surface area contributed by atoms with E-state index in [-0.39, 0.29) is 11.7 Å². The van der Waals surface area contributed by atoms with E-state index in [1.807, 2.05) is 30.3 Å². The number of para-hydroxylation sites is 2. The number of thiazole rings is 1. The Balaban J connectivity index is 1.72. The van der Waals surface area contributed by atoms with Gasteiger partial charge in [-0.3, -0.25) is 9.69 Å². The van der Waals surface area contributed by atoms with Gasteiger partial charge in [-0.15, -0.1) is 6.58 Å². The van der Waals surface area contributed by atoms with Gasteiger partial charge in [-0.2, -0.15) is 4.99 Å². The molecule has 1 fully saturated rings. The Kier molecular flexibility index (Phi) is 4.79. The van der Waals surface area contributed by atoms with Crippen molar-refractivity contribution in [3.05, 3.63) is 71.7 Å². The minimum absolute atomic E-state index is 0.130. The summed E-state index contributed by atoms with van der Waals surface area (Å²) in [6, 6.07) is 14.7. The highest BCUT2D eigenvalue weighted by atomic mass is 32.2. The number of nitrogens with zero attached hydrogens (tertiary/aromatic N) is 3. The van der Waals surface area contributed by atoms with Crippen molar-refractivity contribution < 1.29 is 9.90 Å². The quantitative estimate of drug-likeness (QED) is 0.511. The van der Waals surface area contributed by atoms with Crippen LogP contribution in [-0.2, 0) is 4.79 Å². The average molecular weight is 393 g/mol. The Hall–Kier alpha value is -2.90. The Morgan fingerprint density at radius 2 is 1.96 bits per heavy atom. The van der Waals surface area contributed by atoms with E-state index in [0.29, 0.717) is 27.3 Å². The summed E-state index contributed by atoms with van der Waals surface area (Å²) in [6.45, 7) is 4.08. The van der Waals surface area contributed by atoms with E-state index in [9.17, 15) is 9.90 Å². The van der Waals surface area contributed by atoms with Gasteiger partial charge >= 0.3 is 0 Å². The fraction of sp³-hybridized carbons (Fsp3) is 0.0500. The van der Waals surface area contributed by atoms with Crippen LogP contribution >= 0.6 is 23.1 Å². The van der Waals surface area contributed by atoms with Crippen LogP contribution < -0.4 is 0 Å².